The van der Waals surface area contributed by atoms with E-state index < -0.39 is 31.2 Å². The van der Waals surface area contributed by atoms with Gasteiger partial charge in [-0.15, -0.1) is 11.3 Å². The summed E-state index contributed by atoms with van der Waals surface area (Å²) in [7, 11) is 1.33. The van der Waals surface area contributed by atoms with Crippen LogP contribution in [-0.4, -0.2) is 75.8 Å². The maximum Gasteiger partial charge on any atom is 0.393 e. The SMILES string of the molecule is CNC(=O)c1cc(OCF)c(NCC#Cc2sc3c(NC4CCC(N5CCC6(CC5)COC6)CC4)cccc3c2CC(F)(F)F)cc1F. The van der Waals surface area contributed by atoms with Crippen molar-refractivity contribution in [1.29, 1.82) is 0 Å². The van der Waals surface area contributed by atoms with Crippen molar-refractivity contribution in [1.82, 2.24) is 10.2 Å². The molecule has 1 amide bonds. The van der Waals surface area contributed by atoms with Crippen LogP contribution in [0.4, 0.5) is 33.3 Å². The highest BCUT2D eigenvalue weighted by atomic mass is 32.1. The molecule has 258 valence electrons. The molecule has 3 fully saturated rings. The van der Waals surface area contributed by atoms with Crippen LogP contribution in [0.5, 0.6) is 5.75 Å². The standard InChI is InChI=1S/C35H39F5N4O3S/c1-41-33(45)25-16-30(47-21-36)29(17-27(25)37)42-13-3-6-31-26(18-35(38,39)40)24-4-2-5-28(32(24)48-31)43-22-7-9-23(10-8-22)44-14-11-34(12-15-44)19-46-20-34/h2,4-5,16-17,22-23,42-43H,7-15,18-21H2,1H3,(H,41,45). The molecule has 0 atom stereocenters. The Bertz CT molecular complexity index is 1680. The fourth-order valence-electron chi connectivity index (χ4n) is 7.05. The van der Waals surface area contributed by atoms with Gasteiger partial charge in [-0.2, -0.15) is 13.2 Å². The van der Waals surface area contributed by atoms with Gasteiger partial charge in [-0.05, 0) is 74.7 Å². The monoisotopic (exact) mass is 690 g/mol. The first-order valence-corrected chi connectivity index (χ1v) is 17.1. The number of likely N-dealkylation sites (tertiary alicyclic amines) is 1. The minimum atomic E-state index is -4.44. The number of carbonyl (C=O) groups excluding carboxylic acids is 1. The summed E-state index contributed by atoms with van der Waals surface area (Å²) in [4.78, 5) is 14.9. The van der Waals surface area contributed by atoms with Crippen LogP contribution in [0, 0.1) is 23.1 Å². The summed E-state index contributed by atoms with van der Waals surface area (Å²) in [5, 5.41) is 9.27. The van der Waals surface area contributed by atoms with Crippen LogP contribution in [0.1, 0.15) is 59.3 Å². The highest BCUT2D eigenvalue weighted by Gasteiger charge is 2.42. The third-order valence-electron chi connectivity index (χ3n) is 9.76. The fraction of sp³-hybridized carbons (Fsp3) is 0.514. The Morgan fingerprint density at radius 2 is 1.88 bits per heavy atom. The number of nitrogens with one attached hydrogen (secondary N) is 3. The van der Waals surface area contributed by atoms with Gasteiger partial charge in [-0.3, -0.25) is 4.79 Å². The number of anilines is 2. The van der Waals surface area contributed by atoms with Crippen molar-refractivity contribution in [3.8, 4) is 17.6 Å². The number of hydrogen-bond acceptors (Lipinski definition) is 7. The Morgan fingerprint density at radius 1 is 1.12 bits per heavy atom. The number of fused-ring (bicyclic) bond motifs is 1. The molecule has 6 rings (SSSR count). The number of nitrogens with zero attached hydrogens (tertiary/aromatic N) is 1. The fourth-order valence-corrected chi connectivity index (χ4v) is 8.22. The maximum atomic E-state index is 14.6. The van der Waals surface area contributed by atoms with Crippen molar-refractivity contribution in [3.05, 3.63) is 52.2 Å². The lowest BCUT2D eigenvalue weighted by atomic mass is 9.76. The van der Waals surface area contributed by atoms with Gasteiger partial charge >= 0.3 is 6.18 Å². The average molecular weight is 691 g/mol. The first-order valence-electron chi connectivity index (χ1n) is 16.2. The smallest absolute Gasteiger partial charge is 0.393 e. The molecular formula is C35H39F5N4O3S. The molecule has 3 heterocycles. The summed E-state index contributed by atoms with van der Waals surface area (Å²) in [6, 6.07) is 8.25. The molecular weight excluding hydrogens is 651 g/mol. The minimum absolute atomic E-state index is 0.0531. The van der Waals surface area contributed by atoms with Gasteiger partial charge in [0.25, 0.3) is 5.91 Å². The number of benzene rings is 2. The molecule has 2 aliphatic heterocycles. The van der Waals surface area contributed by atoms with E-state index in [1.165, 1.54) is 31.2 Å². The minimum Gasteiger partial charge on any atom is -0.461 e. The van der Waals surface area contributed by atoms with E-state index in [-0.39, 0.29) is 35.2 Å². The number of rotatable bonds is 9. The van der Waals surface area contributed by atoms with Crippen LogP contribution in [-0.2, 0) is 11.2 Å². The van der Waals surface area contributed by atoms with E-state index in [0.717, 1.165) is 74.5 Å². The number of thiophene rings is 1. The summed E-state index contributed by atoms with van der Waals surface area (Å²) in [5.41, 5.74) is 1.06. The van der Waals surface area contributed by atoms with E-state index >= 15 is 0 Å². The third-order valence-corrected chi connectivity index (χ3v) is 11.0. The zero-order valence-corrected chi connectivity index (χ0v) is 27.5. The summed E-state index contributed by atoms with van der Waals surface area (Å²) < 4.78 is 79.9. The van der Waals surface area contributed by atoms with Crippen LogP contribution < -0.4 is 20.7 Å². The van der Waals surface area contributed by atoms with Gasteiger partial charge in [0.2, 0.25) is 6.86 Å². The molecule has 0 radical (unpaired) electrons. The van der Waals surface area contributed by atoms with Gasteiger partial charge in [-0.1, -0.05) is 24.0 Å². The number of hydrogen-bond donors (Lipinski definition) is 3. The van der Waals surface area contributed by atoms with Crippen LogP contribution >= 0.6 is 11.3 Å². The zero-order valence-electron chi connectivity index (χ0n) is 26.7. The molecule has 3 aromatic rings. The Morgan fingerprint density at radius 3 is 2.52 bits per heavy atom. The molecule has 1 aliphatic carbocycles. The van der Waals surface area contributed by atoms with E-state index in [9.17, 15) is 26.7 Å². The normalized spacial score (nSPS) is 20.9. The van der Waals surface area contributed by atoms with Gasteiger partial charge in [0, 0.05) is 30.6 Å². The summed E-state index contributed by atoms with van der Waals surface area (Å²) in [5.74, 6) is 4.04. The molecule has 48 heavy (non-hydrogen) atoms. The van der Waals surface area contributed by atoms with Gasteiger partial charge in [0.15, 0.2) is 0 Å². The molecule has 7 nitrogen and oxygen atoms in total. The van der Waals surface area contributed by atoms with Crippen molar-refractivity contribution in [2.75, 3.05) is 57.4 Å². The van der Waals surface area contributed by atoms with Gasteiger partial charge in [0.05, 0.1) is 52.7 Å². The molecule has 1 spiro atoms. The Kier molecular flexibility index (Phi) is 10.3. The number of carbonyl (C=O) groups is 1. The molecule has 0 unspecified atom stereocenters. The quantitative estimate of drug-likeness (QED) is 0.164. The molecule has 1 saturated carbocycles. The number of amides is 1. The van der Waals surface area contributed by atoms with Gasteiger partial charge in [0.1, 0.15) is 11.6 Å². The predicted octanol–water partition coefficient (Wildman–Crippen LogP) is 7.11. The molecule has 3 aliphatic rings. The average Bonchev–Trinajstić information content (AvgIpc) is 3.40. The maximum absolute atomic E-state index is 14.6. The second kappa shape index (κ2) is 14.5. The predicted molar refractivity (Wildman–Crippen MR) is 177 cm³/mol. The molecule has 3 N–H and O–H groups in total. The first-order chi connectivity index (χ1) is 23.1. The van der Waals surface area contributed by atoms with Crippen molar-refractivity contribution in [3.63, 3.8) is 0 Å². The lowest BCUT2D eigenvalue weighted by Crippen LogP contribution is -2.53. The lowest BCUT2D eigenvalue weighted by Gasteiger charge is -2.49. The molecule has 13 heteroatoms. The third kappa shape index (κ3) is 7.66. The van der Waals surface area contributed by atoms with E-state index in [1.807, 2.05) is 6.07 Å². The first kappa shape index (κ1) is 34.3. The number of alkyl halides is 4. The van der Waals surface area contributed by atoms with Crippen LogP contribution in [0.25, 0.3) is 10.1 Å². The number of ether oxygens (including phenoxy) is 2. The highest BCUT2D eigenvalue weighted by molar-refractivity contribution is 7.20. The second-order valence-corrected chi connectivity index (χ2v) is 13.9. The molecule has 2 aromatic carbocycles. The van der Waals surface area contributed by atoms with E-state index in [1.54, 1.807) is 12.1 Å². The second-order valence-electron chi connectivity index (χ2n) is 12.9. The highest BCUT2D eigenvalue weighted by Crippen LogP contribution is 2.42. The zero-order chi connectivity index (χ0) is 33.9. The summed E-state index contributed by atoms with van der Waals surface area (Å²) >= 11 is 1.22. The Labute approximate surface area is 280 Å². The topological polar surface area (TPSA) is 74.9 Å². The summed E-state index contributed by atoms with van der Waals surface area (Å²) in [6.45, 7) is 2.73. The van der Waals surface area contributed by atoms with Crippen LogP contribution in [0.15, 0.2) is 30.3 Å². The summed E-state index contributed by atoms with van der Waals surface area (Å²) in [6.07, 6.45) is 0.991. The van der Waals surface area contributed by atoms with E-state index in [0.29, 0.717) is 21.7 Å². The van der Waals surface area contributed by atoms with Crippen molar-refractivity contribution >= 4 is 38.7 Å². The number of piperidine rings is 1. The molecule has 1 aromatic heterocycles. The Hall–Kier alpha value is -3.60. The molecule has 2 saturated heterocycles. The largest absolute Gasteiger partial charge is 0.461 e. The lowest BCUT2D eigenvalue weighted by molar-refractivity contribution is -0.143. The van der Waals surface area contributed by atoms with Crippen molar-refractivity contribution < 1.29 is 36.2 Å². The van der Waals surface area contributed by atoms with E-state index in [4.69, 9.17) is 9.47 Å². The van der Waals surface area contributed by atoms with Crippen LogP contribution in [0.3, 0.4) is 0 Å². The Balaban J connectivity index is 1.15. The van der Waals surface area contributed by atoms with Gasteiger partial charge in [-0.25, -0.2) is 8.78 Å². The number of halogens is 5. The van der Waals surface area contributed by atoms with E-state index in [2.05, 4.69) is 32.7 Å². The molecule has 0 bridgehead atoms. The van der Waals surface area contributed by atoms with Gasteiger partial charge < -0.3 is 30.3 Å². The van der Waals surface area contributed by atoms with Crippen molar-refractivity contribution in [2.24, 2.45) is 5.41 Å². The van der Waals surface area contributed by atoms with Crippen LogP contribution in [0.2, 0.25) is 0 Å². The van der Waals surface area contributed by atoms with Crippen molar-refractivity contribution in [2.45, 2.75) is 63.2 Å².